The summed E-state index contributed by atoms with van der Waals surface area (Å²) in [5.74, 6) is 0.324. The fourth-order valence-corrected chi connectivity index (χ4v) is 2.89. The summed E-state index contributed by atoms with van der Waals surface area (Å²) in [4.78, 5) is 1.50. The van der Waals surface area contributed by atoms with E-state index in [4.69, 9.17) is 0 Å². The Balaban J connectivity index is 1.65. The Kier molecular flexibility index (Phi) is 5.70. The van der Waals surface area contributed by atoms with E-state index in [0.29, 0.717) is 19.0 Å². The summed E-state index contributed by atoms with van der Waals surface area (Å²) >= 11 is 0. The second-order valence-corrected chi connectivity index (χ2v) is 5.89. The highest BCUT2D eigenvalue weighted by atomic mass is 19.4. The molecular formula is C15H24F3N3. The molecule has 0 saturated carbocycles. The summed E-state index contributed by atoms with van der Waals surface area (Å²) in [6.07, 6.45) is 2.07. The lowest BCUT2D eigenvalue weighted by Gasteiger charge is -2.17. The van der Waals surface area contributed by atoms with E-state index in [0.717, 1.165) is 32.5 Å². The molecule has 0 spiro atoms. The van der Waals surface area contributed by atoms with Gasteiger partial charge in [-0.1, -0.05) is 6.92 Å². The predicted octanol–water partition coefficient (Wildman–Crippen LogP) is 2.87. The van der Waals surface area contributed by atoms with Gasteiger partial charge in [-0.25, -0.2) is 0 Å². The maximum atomic E-state index is 12.3. The number of alkyl halides is 3. The number of likely N-dealkylation sites (tertiary alicyclic amines) is 1. The van der Waals surface area contributed by atoms with E-state index >= 15 is 0 Å². The number of aryl methyl sites for hydroxylation is 1. The first-order valence-electron chi connectivity index (χ1n) is 7.61. The highest BCUT2D eigenvalue weighted by Crippen LogP contribution is 2.22. The summed E-state index contributed by atoms with van der Waals surface area (Å²) in [7, 11) is 0. The zero-order valence-electron chi connectivity index (χ0n) is 12.5. The van der Waals surface area contributed by atoms with Gasteiger partial charge in [-0.05, 0) is 43.5 Å². The molecule has 0 aromatic carbocycles. The molecule has 0 aliphatic carbocycles. The van der Waals surface area contributed by atoms with Gasteiger partial charge in [-0.15, -0.1) is 0 Å². The maximum absolute atomic E-state index is 12.3. The van der Waals surface area contributed by atoms with Crippen LogP contribution >= 0.6 is 0 Å². The topological polar surface area (TPSA) is 20.2 Å². The largest absolute Gasteiger partial charge is 0.401 e. The van der Waals surface area contributed by atoms with Crippen molar-refractivity contribution in [3.8, 4) is 0 Å². The van der Waals surface area contributed by atoms with Crippen LogP contribution in [0.15, 0.2) is 18.5 Å². The van der Waals surface area contributed by atoms with Gasteiger partial charge in [0.1, 0.15) is 0 Å². The molecule has 21 heavy (non-hydrogen) atoms. The first-order chi connectivity index (χ1) is 9.96. The van der Waals surface area contributed by atoms with Crippen molar-refractivity contribution in [2.75, 3.05) is 26.2 Å². The lowest BCUT2D eigenvalue weighted by atomic mass is 10.1. The van der Waals surface area contributed by atoms with E-state index in [1.54, 1.807) is 0 Å². The van der Waals surface area contributed by atoms with Crippen LogP contribution in [-0.4, -0.2) is 41.8 Å². The van der Waals surface area contributed by atoms with Gasteiger partial charge in [-0.2, -0.15) is 13.2 Å². The van der Waals surface area contributed by atoms with Crippen LogP contribution < -0.4 is 5.32 Å². The third-order valence-electron chi connectivity index (χ3n) is 3.83. The van der Waals surface area contributed by atoms with E-state index in [-0.39, 0.29) is 0 Å². The van der Waals surface area contributed by atoms with Gasteiger partial charge < -0.3 is 9.88 Å². The van der Waals surface area contributed by atoms with Gasteiger partial charge in [0.2, 0.25) is 0 Å². The van der Waals surface area contributed by atoms with Gasteiger partial charge in [0.25, 0.3) is 0 Å². The van der Waals surface area contributed by atoms with E-state index in [2.05, 4.69) is 35.3 Å². The molecule has 0 bridgehead atoms. The number of hydrogen-bond donors (Lipinski definition) is 1. The molecule has 1 saturated heterocycles. The van der Waals surface area contributed by atoms with Crippen LogP contribution in [0.3, 0.4) is 0 Å². The van der Waals surface area contributed by atoms with Crippen molar-refractivity contribution in [3.05, 3.63) is 24.0 Å². The van der Waals surface area contributed by atoms with Crippen molar-refractivity contribution >= 4 is 0 Å². The highest BCUT2D eigenvalue weighted by molar-refractivity contribution is 5.09. The average molecular weight is 303 g/mol. The van der Waals surface area contributed by atoms with Crippen LogP contribution in [0, 0.1) is 5.92 Å². The number of rotatable bonds is 7. The second kappa shape index (κ2) is 7.31. The van der Waals surface area contributed by atoms with Crippen molar-refractivity contribution in [2.24, 2.45) is 5.92 Å². The van der Waals surface area contributed by atoms with Crippen LogP contribution in [0.1, 0.15) is 25.3 Å². The van der Waals surface area contributed by atoms with Crippen molar-refractivity contribution in [1.29, 1.82) is 0 Å². The van der Waals surface area contributed by atoms with E-state index in [9.17, 15) is 13.2 Å². The molecule has 1 aromatic heterocycles. The van der Waals surface area contributed by atoms with E-state index in [1.807, 2.05) is 0 Å². The Labute approximate surface area is 124 Å². The van der Waals surface area contributed by atoms with Crippen molar-refractivity contribution in [1.82, 2.24) is 14.8 Å². The quantitative estimate of drug-likeness (QED) is 0.836. The molecule has 3 nitrogen and oxygen atoms in total. The zero-order valence-corrected chi connectivity index (χ0v) is 12.5. The molecule has 6 heteroatoms. The Morgan fingerprint density at radius 1 is 1.38 bits per heavy atom. The third kappa shape index (κ3) is 5.71. The molecule has 1 aliphatic heterocycles. The molecule has 1 aliphatic rings. The van der Waals surface area contributed by atoms with Gasteiger partial charge in [-0.3, -0.25) is 4.90 Å². The fraction of sp³-hybridized carbons (Fsp3) is 0.733. The molecule has 1 unspecified atom stereocenters. The Morgan fingerprint density at radius 3 is 2.90 bits per heavy atom. The van der Waals surface area contributed by atoms with Crippen LogP contribution in [0.4, 0.5) is 13.2 Å². The molecule has 0 radical (unpaired) electrons. The van der Waals surface area contributed by atoms with Gasteiger partial charge in [0.05, 0.1) is 6.54 Å². The molecule has 1 aromatic rings. The first-order valence-corrected chi connectivity index (χ1v) is 7.61. The lowest BCUT2D eigenvalue weighted by Crippen LogP contribution is -2.33. The summed E-state index contributed by atoms with van der Waals surface area (Å²) in [5, 5.41) is 3.36. The minimum absolute atomic E-state index is 0.324. The zero-order chi connectivity index (χ0) is 15.3. The Morgan fingerprint density at radius 2 is 2.19 bits per heavy atom. The Bertz CT molecular complexity index is 428. The Hall–Kier alpha value is -1.01. The molecule has 0 amide bonds. The van der Waals surface area contributed by atoms with Crippen molar-refractivity contribution in [2.45, 2.75) is 39.0 Å². The molecule has 2 heterocycles. The highest BCUT2D eigenvalue weighted by Gasteiger charge is 2.34. The molecule has 1 fully saturated rings. The predicted molar refractivity (Wildman–Crippen MR) is 77.0 cm³/mol. The van der Waals surface area contributed by atoms with E-state index < -0.39 is 12.7 Å². The van der Waals surface area contributed by atoms with E-state index in [1.165, 1.54) is 10.5 Å². The molecule has 120 valence electrons. The second-order valence-electron chi connectivity index (χ2n) is 5.89. The van der Waals surface area contributed by atoms with Gasteiger partial charge in [0, 0.05) is 32.0 Å². The monoisotopic (exact) mass is 303 g/mol. The van der Waals surface area contributed by atoms with Crippen LogP contribution in [-0.2, 0) is 13.1 Å². The van der Waals surface area contributed by atoms with Gasteiger partial charge >= 0.3 is 6.18 Å². The first kappa shape index (κ1) is 16.4. The number of hydrogen-bond acceptors (Lipinski definition) is 2. The van der Waals surface area contributed by atoms with Crippen molar-refractivity contribution in [3.63, 3.8) is 0 Å². The van der Waals surface area contributed by atoms with Gasteiger partial charge in [0.15, 0.2) is 0 Å². The fourth-order valence-electron chi connectivity index (χ4n) is 2.89. The van der Waals surface area contributed by atoms with Crippen LogP contribution in [0.25, 0.3) is 0 Å². The molecule has 2 rings (SSSR count). The minimum atomic E-state index is -4.08. The normalized spacial score (nSPS) is 20.3. The summed E-state index contributed by atoms with van der Waals surface area (Å²) in [6.45, 7) is 5.06. The molecule has 1 atom stereocenters. The summed E-state index contributed by atoms with van der Waals surface area (Å²) in [5.41, 5.74) is 1.23. The maximum Gasteiger partial charge on any atom is 0.401 e. The SMILES string of the molecule is CCCn1ccc(CNCC2CCN(CC(F)(F)F)C2)c1. The number of nitrogens with zero attached hydrogens (tertiary/aromatic N) is 2. The minimum Gasteiger partial charge on any atom is -0.354 e. The molecule has 1 N–H and O–H groups in total. The molecular weight excluding hydrogens is 279 g/mol. The average Bonchev–Trinajstić information content (AvgIpc) is 2.98. The number of aromatic nitrogens is 1. The number of nitrogens with one attached hydrogen (secondary N) is 1. The van der Waals surface area contributed by atoms with Crippen molar-refractivity contribution < 1.29 is 13.2 Å². The number of halogens is 3. The lowest BCUT2D eigenvalue weighted by molar-refractivity contribution is -0.143. The third-order valence-corrected chi connectivity index (χ3v) is 3.83. The summed E-state index contributed by atoms with van der Waals surface area (Å²) < 4.78 is 39.1. The summed E-state index contributed by atoms with van der Waals surface area (Å²) in [6, 6.07) is 2.09. The standard InChI is InChI=1S/C15H24F3N3/c1-2-5-20-6-3-13(10-20)8-19-9-14-4-7-21(11-14)12-15(16,17)18/h3,6,10,14,19H,2,4-5,7-9,11-12H2,1H3. The van der Waals surface area contributed by atoms with Crippen LogP contribution in [0.2, 0.25) is 0 Å². The van der Waals surface area contributed by atoms with Crippen LogP contribution in [0.5, 0.6) is 0 Å². The smallest absolute Gasteiger partial charge is 0.354 e.